The van der Waals surface area contributed by atoms with Crippen molar-refractivity contribution in [2.45, 2.75) is 38.9 Å². The average Bonchev–Trinajstić information content (AvgIpc) is 3.15. The van der Waals surface area contributed by atoms with Crippen LogP contribution in [-0.4, -0.2) is 40.9 Å². The lowest BCUT2D eigenvalue weighted by atomic mass is 10.0. The van der Waals surface area contributed by atoms with Gasteiger partial charge in [-0.2, -0.15) is 0 Å². The molecule has 2 N–H and O–H groups in total. The molecule has 2 aliphatic rings. The van der Waals surface area contributed by atoms with Gasteiger partial charge >= 0.3 is 0 Å². The molecule has 0 amide bonds. The number of hydrogen-bond acceptors (Lipinski definition) is 4. The molecule has 0 aromatic heterocycles. The third kappa shape index (κ3) is 4.12. The van der Waals surface area contributed by atoms with Gasteiger partial charge in [-0.3, -0.25) is 4.90 Å². The molecule has 1 aliphatic carbocycles. The normalized spacial score (nSPS) is 26.1. The molecule has 2 aromatic carbocycles. The number of ether oxygens (including phenoxy) is 1. The summed E-state index contributed by atoms with van der Waals surface area (Å²) in [6, 6.07) is 13.2. The molecule has 0 radical (unpaired) electrons. The van der Waals surface area contributed by atoms with Crippen molar-refractivity contribution in [2.24, 2.45) is 11.8 Å². The first kappa shape index (κ1) is 18.3. The van der Waals surface area contributed by atoms with Crippen molar-refractivity contribution >= 4 is 0 Å². The molecule has 2 unspecified atom stereocenters. The predicted octanol–water partition coefficient (Wildman–Crippen LogP) is 3.83. The van der Waals surface area contributed by atoms with Crippen LogP contribution in [0.2, 0.25) is 0 Å². The second-order valence-electron chi connectivity index (χ2n) is 8.33. The summed E-state index contributed by atoms with van der Waals surface area (Å²) in [5.74, 6) is 2.57. The van der Waals surface area contributed by atoms with Crippen LogP contribution in [0.15, 0.2) is 42.5 Å². The summed E-state index contributed by atoms with van der Waals surface area (Å²) < 4.78 is 6.30. The number of aliphatic hydroxyl groups excluding tert-OH is 1. The molecule has 4 atom stereocenters. The molecule has 1 saturated carbocycles. The average molecular weight is 367 g/mol. The smallest absolute Gasteiger partial charge is 0.122 e. The highest BCUT2D eigenvalue weighted by atomic mass is 16.5. The first-order valence-electron chi connectivity index (χ1n) is 9.91. The Bertz CT molecular complexity index is 775. The number of fused-ring (bicyclic) bond motifs is 1. The molecular weight excluding hydrogens is 338 g/mol. The summed E-state index contributed by atoms with van der Waals surface area (Å²) in [6.07, 6.45) is 2.00. The van der Waals surface area contributed by atoms with Crippen LogP contribution in [-0.2, 0) is 0 Å². The first-order valence-corrected chi connectivity index (χ1v) is 9.91. The van der Waals surface area contributed by atoms with E-state index >= 15 is 0 Å². The number of likely N-dealkylation sites (tertiary alicyclic amines) is 1. The summed E-state index contributed by atoms with van der Waals surface area (Å²) in [4.78, 5) is 2.38. The number of benzene rings is 2. The fraction of sp³-hybridized carbons (Fsp3) is 0.478. The number of rotatable bonds is 5. The standard InChI is InChI=1S/C23H29NO3/c1-15-3-8-23(16(2)9-15)27-21-10-18-12-24(13-19(18)11-21)14-22(26)17-4-6-20(25)7-5-17/h3-9,18-19,21-22,25-26H,10-14H2,1-2H3/t18-,19+,21?,22?. The molecule has 1 aliphatic heterocycles. The van der Waals surface area contributed by atoms with Crippen molar-refractivity contribution in [3.8, 4) is 11.5 Å². The Balaban J connectivity index is 1.29. The maximum atomic E-state index is 10.5. The highest BCUT2D eigenvalue weighted by Gasteiger charge is 2.42. The molecule has 1 heterocycles. The van der Waals surface area contributed by atoms with Crippen LogP contribution in [0.3, 0.4) is 0 Å². The van der Waals surface area contributed by atoms with E-state index in [0.717, 1.165) is 37.2 Å². The molecule has 2 aromatic rings. The minimum absolute atomic E-state index is 0.233. The Morgan fingerprint density at radius 1 is 1.04 bits per heavy atom. The maximum Gasteiger partial charge on any atom is 0.122 e. The third-order valence-electron chi connectivity index (χ3n) is 6.12. The van der Waals surface area contributed by atoms with Gasteiger partial charge in [0.2, 0.25) is 0 Å². The number of β-amino-alcohol motifs (C(OH)–C–C–N with tert-alkyl or cyclic N) is 1. The van der Waals surface area contributed by atoms with Crippen molar-refractivity contribution in [3.63, 3.8) is 0 Å². The predicted molar refractivity (Wildman–Crippen MR) is 106 cm³/mol. The molecule has 2 fully saturated rings. The van der Waals surface area contributed by atoms with Crippen LogP contribution in [0.5, 0.6) is 11.5 Å². The SMILES string of the molecule is Cc1ccc(OC2C[C@@H]3CN(CC(O)c4ccc(O)cc4)C[C@@H]3C2)c(C)c1. The lowest BCUT2D eigenvalue weighted by molar-refractivity contribution is 0.116. The molecule has 4 nitrogen and oxygen atoms in total. The number of aryl methyl sites for hydroxylation is 2. The molecule has 27 heavy (non-hydrogen) atoms. The van der Waals surface area contributed by atoms with E-state index in [2.05, 4.69) is 36.9 Å². The van der Waals surface area contributed by atoms with Crippen molar-refractivity contribution in [1.82, 2.24) is 4.90 Å². The summed E-state index contributed by atoms with van der Waals surface area (Å²) >= 11 is 0. The summed E-state index contributed by atoms with van der Waals surface area (Å²) in [5.41, 5.74) is 3.34. The van der Waals surface area contributed by atoms with E-state index in [4.69, 9.17) is 4.74 Å². The van der Waals surface area contributed by atoms with E-state index < -0.39 is 6.10 Å². The molecule has 1 saturated heterocycles. The zero-order valence-electron chi connectivity index (χ0n) is 16.1. The first-order chi connectivity index (χ1) is 13.0. The highest BCUT2D eigenvalue weighted by molar-refractivity contribution is 5.36. The minimum atomic E-state index is -0.508. The van der Waals surface area contributed by atoms with Gasteiger partial charge in [0.1, 0.15) is 11.5 Å². The van der Waals surface area contributed by atoms with Crippen LogP contribution in [0, 0.1) is 25.7 Å². The van der Waals surface area contributed by atoms with E-state index in [1.54, 1.807) is 24.3 Å². The number of phenols is 1. The topological polar surface area (TPSA) is 52.9 Å². The number of aliphatic hydroxyl groups is 1. The van der Waals surface area contributed by atoms with Gasteiger partial charge in [-0.1, -0.05) is 29.8 Å². The van der Waals surface area contributed by atoms with Gasteiger partial charge in [-0.15, -0.1) is 0 Å². The monoisotopic (exact) mass is 367 g/mol. The number of hydrogen-bond donors (Lipinski definition) is 2. The van der Waals surface area contributed by atoms with E-state index in [0.29, 0.717) is 24.5 Å². The Kier molecular flexibility index (Phi) is 5.11. The van der Waals surface area contributed by atoms with E-state index in [-0.39, 0.29) is 5.75 Å². The maximum absolute atomic E-state index is 10.5. The largest absolute Gasteiger partial charge is 0.508 e. The van der Waals surface area contributed by atoms with E-state index in [1.165, 1.54) is 11.1 Å². The van der Waals surface area contributed by atoms with Crippen molar-refractivity contribution in [2.75, 3.05) is 19.6 Å². The summed E-state index contributed by atoms with van der Waals surface area (Å²) in [5, 5.41) is 19.9. The Morgan fingerprint density at radius 2 is 1.70 bits per heavy atom. The van der Waals surface area contributed by atoms with Gasteiger partial charge in [-0.05, 0) is 67.9 Å². The molecule has 0 spiro atoms. The lowest BCUT2D eigenvalue weighted by Gasteiger charge is -2.23. The molecule has 0 bridgehead atoms. The quantitative estimate of drug-likeness (QED) is 0.843. The second kappa shape index (κ2) is 7.53. The van der Waals surface area contributed by atoms with Gasteiger partial charge in [0.15, 0.2) is 0 Å². The van der Waals surface area contributed by atoms with Gasteiger partial charge in [0, 0.05) is 19.6 Å². The summed E-state index contributed by atoms with van der Waals surface area (Å²) in [6.45, 7) is 6.95. The van der Waals surface area contributed by atoms with Crippen molar-refractivity contribution < 1.29 is 14.9 Å². The highest BCUT2D eigenvalue weighted by Crippen LogP contribution is 2.40. The van der Waals surface area contributed by atoms with Gasteiger partial charge in [0.25, 0.3) is 0 Å². The van der Waals surface area contributed by atoms with Crippen LogP contribution >= 0.6 is 0 Å². The Labute approximate surface area is 161 Å². The third-order valence-corrected chi connectivity index (χ3v) is 6.12. The molecule has 144 valence electrons. The van der Waals surface area contributed by atoms with Gasteiger partial charge in [0.05, 0.1) is 12.2 Å². The number of aromatic hydroxyl groups is 1. The number of nitrogens with zero attached hydrogens (tertiary/aromatic N) is 1. The fourth-order valence-electron chi connectivity index (χ4n) is 4.74. The van der Waals surface area contributed by atoms with Crippen molar-refractivity contribution in [3.05, 3.63) is 59.2 Å². The zero-order chi connectivity index (χ0) is 19.0. The molecule has 4 rings (SSSR count). The molecule has 4 heteroatoms. The van der Waals surface area contributed by atoms with Crippen LogP contribution in [0.4, 0.5) is 0 Å². The van der Waals surface area contributed by atoms with Crippen molar-refractivity contribution in [1.29, 1.82) is 0 Å². The Hall–Kier alpha value is -2.04. The van der Waals surface area contributed by atoms with Crippen LogP contribution < -0.4 is 4.74 Å². The van der Waals surface area contributed by atoms with Crippen LogP contribution in [0.25, 0.3) is 0 Å². The second-order valence-corrected chi connectivity index (χ2v) is 8.33. The number of phenolic OH excluding ortho intramolecular Hbond substituents is 1. The van der Waals surface area contributed by atoms with Gasteiger partial charge in [-0.25, -0.2) is 0 Å². The van der Waals surface area contributed by atoms with Gasteiger partial charge < -0.3 is 14.9 Å². The summed E-state index contributed by atoms with van der Waals surface area (Å²) in [7, 11) is 0. The lowest BCUT2D eigenvalue weighted by Crippen LogP contribution is -2.29. The Morgan fingerprint density at radius 3 is 2.33 bits per heavy atom. The van der Waals surface area contributed by atoms with E-state index in [9.17, 15) is 10.2 Å². The zero-order valence-corrected chi connectivity index (χ0v) is 16.1. The minimum Gasteiger partial charge on any atom is -0.508 e. The van der Waals surface area contributed by atoms with E-state index in [1.807, 2.05) is 0 Å². The molecular formula is C23H29NO3. The fourth-order valence-corrected chi connectivity index (χ4v) is 4.74. The van der Waals surface area contributed by atoms with Crippen LogP contribution in [0.1, 0.15) is 35.6 Å².